The first kappa shape index (κ1) is 13.7. The third kappa shape index (κ3) is 3.62. The number of benzene rings is 1. The number of carbonyl (C=O) groups is 1. The molecule has 4 nitrogen and oxygen atoms in total. The summed E-state index contributed by atoms with van der Waals surface area (Å²) in [6.45, 7) is 0.376. The number of halogens is 1. The molecule has 0 unspecified atom stereocenters. The van der Waals surface area contributed by atoms with Crippen molar-refractivity contribution in [3.63, 3.8) is 0 Å². The molecule has 0 spiro atoms. The molecule has 2 rings (SSSR count). The smallest absolute Gasteiger partial charge is 0.269 e. The van der Waals surface area contributed by atoms with E-state index in [1.165, 1.54) is 30.5 Å². The molecule has 1 heterocycles. The Morgan fingerprint density at radius 3 is 2.95 bits per heavy atom. The van der Waals surface area contributed by atoms with E-state index in [0.717, 1.165) is 5.56 Å². The number of aromatic nitrogens is 1. The number of nitrogens with zero attached hydrogens (tertiary/aromatic N) is 2. The molecule has 0 aliphatic heterocycles. The lowest BCUT2D eigenvalue weighted by Crippen LogP contribution is -2.26. The molecular formula is C15H12FN3O. The van der Waals surface area contributed by atoms with E-state index >= 15 is 0 Å². The second-order valence-corrected chi connectivity index (χ2v) is 4.18. The number of rotatable bonds is 4. The zero-order chi connectivity index (χ0) is 14.4. The van der Waals surface area contributed by atoms with Gasteiger partial charge in [0.2, 0.25) is 0 Å². The number of hydrogen-bond donors (Lipinski definition) is 1. The summed E-state index contributed by atoms with van der Waals surface area (Å²) < 4.78 is 13.0. The van der Waals surface area contributed by atoms with Crippen molar-refractivity contribution < 1.29 is 9.18 Å². The molecule has 1 amide bonds. The van der Waals surface area contributed by atoms with Crippen LogP contribution in [-0.4, -0.2) is 17.4 Å². The highest BCUT2D eigenvalue weighted by Crippen LogP contribution is 2.04. The number of carbonyl (C=O) groups excluding carboxylic acids is 1. The number of nitriles is 1. The largest absolute Gasteiger partial charge is 0.350 e. The second kappa shape index (κ2) is 6.43. The predicted octanol–water partition coefficient (Wildman–Crippen LogP) is 2.06. The lowest BCUT2D eigenvalue weighted by Gasteiger charge is -2.05. The molecule has 1 aromatic carbocycles. The molecule has 0 radical (unpaired) electrons. The van der Waals surface area contributed by atoms with Crippen LogP contribution >= 0.6 is 0 Å². The Labute approximate surface area is 115 Å². The van der Waals surface area contributed by atoms with Crippen LogP contribution in [0.1, 0.15) is 21.6 Å². The highest BCUT2D eigenvalue weighted by molar-refractivity contribution is 5.92. The van der Waals surface area contributed by atoms with Gasteiger partial charge < -0.3 is 5.32 Å². The van der Waals surface area contributed by atoms with Gasteiger partial charge in [-0.05, 0) is 36.2 Å². The minimum Gasteiger partial charge on any atom is -0.350 e. The zero-order valence-corrected chi connectivity index (χ0v) is 10.6. The van der Waals surface area contributed by atoms with Crippen molar-refractivity contribution in [2.75, 3.05) is 6.54 Å². The molecule has 0 saturated heterocycles. The second-order valence-electron chi connectivity index (χ2n) is 4.18. The summed E-state index contributed by atoms with van der Waals surface area (Å²) in [4.78, 5) is 15.7. The van der Waals surface area contributed by atoms with Crippen molar-refractivity contribution in [1.82, 2.24) is 10.3 Å². The van der Waals surface area contributed by atoms with Gasteiger partial charge in [-0.2, -0.15) is 5.26 Å². The van der Waals surface area contributed by atoms with Crippen LogP contribution in [0.4, 0.5) is 4.39 Å². The molecule has 20 heavy (non-hydrogen) atoms. The monoisotopic (exact) mass is 269 g/mol. The van der Waals surface area contributed by atoms with Gasteiger partial charge in [0.1, 0.15) is 11.5 Å². The molecule has 0 saturated carbocycles. The fourth-order valence-electron chi connectivity index (χ4n) is 1.73. The lowest BCUT2D eigenvalue weighted by molar-refractivity contribution is 0.0949. The fraction of sp³-hybridized carbons (Fsp3) is 0.133. The maximum absolute atomic E-state index is 13.0. The first-order chi connectivity index (χ1) is 9.69. The Balaban J connectivity index is 1.91. The number of pyridine rings is 1. The van der Waals surface area contributed by atoms with Crippen LogP contribution in [0.5, 0.6) is 0 Å². The number of hydrogen-bond acceptors (Lipinski definition) is 3. The van der Waals surface area contributed by atoms with Gasteiger partial charge in [-0.25, -0.2) is 4.39 Å². The Morgan fingerprint density at radius 1 is 1.35 bits per heavy atom. The van der Waals surface area contributed by atoms with Crippen LogP contribution in [0.3, 0.4) is 0 Å². The van der Waals surface area contributed by atoms with Crippen molar-refractivity contribution in [2.45, 2.75) is 6.42 Å². The van der Waals surface area contributed by atoms with Gasteiger partial charge in [-0.15, -0.1) is 0 Å². The highest BCUT2D eigenvalue weighted by Gasteiger charge is 2.07. The van der Waals surface area contributed by atoms with Crippen LogP contribution in [-0.2, 0) is 6.42 Å². The van der Waals surface area contributed by atoms with E-state index < -0.39 is 0 Å². The van der Waals surface area contributed by atoms with Gasteiger partial charge >= 0.3 is 0 Å². The van der Waals surface area contributed by atoms with E-state index in [0.29, 0.717) is 18.5 Å². The summed E-state index contributed by atoms with van der Waals surface area (Å²) in [5, 5.41) is 11.4. The Kier molecular flexibility index (Phi) is 4.40. The number of amides is 1. The van der Waals surface area contributed by atoms with Gasteiger partial charge in [0.15, 0.2) is 0 Å². The van der Waals surface area contributed by atoms with Crippen molar-refractivity contribution in [2.24, 2.45) is 0 Å². The lowest BCUT2D eigenvalue weighted by atomic mass is 10.1. The molecule has 0 bridgehead atoms. The normalized spacial score (nSPS) is 9.80. The van der Waals surface area contributed by atoms with Gasteiger partial charge in [0, 0.05) is 12.7 Å². The zero-order valence-electron chi connectivity index (χ0n) is 10.6. The molecule has 2 aromatic rings. The SMILES string of the molecule is N#Cc1ccnc(C(=O)NCCc2cccc(F)c2)c1. The maximum Gasteiger partial charge on any atom is 0.269 e. The minimum absolute atomic E-state index is 0.197. The molecule has 1 N–H and O–H groups in total. The Morgan fingerprint density at radius 2 is 2.20 bits per heavy atom. The molecule has 0 aliphatic carbocycles. The molecule has 5 heteroatoms. The van der Waals surface area contributed by atoms with E-state index in [9.17, 15) is 9.18 Å². The maximum atomic E-state index is 13.0. The average molecular weight is 269 g/mol. The Hall–Kier alpha value is -2.74. The number of nitrogens with one attached hydrogen (secondary N) is 1. The third-order valence-electron chi connectivity index (χ3n) is 2.71. The Bertz CT molecular complexity index is 664. The van der Waals surface area contributed by atoms with Crippen molar-refractivity contribution >= 4 is 5.91 Å². The van der Waals surface area contributed by atoms with Gasteiger partial charge in [-0.1, -0.05) is 12.1 Å². The summed E-state index contributed by atoms with van der Waals surface area (Å²) in [6.07, 6.45) is 1.95. The van der Waals surface area contributed by atoms with E-state index in [1.807, 2.05) is 6.07 Å². The third-order valence-corrected chi connectivity index (χ3v) is 2.71. The average Bonchev–Trinajstić information content (AvgIpc) is 2.47. The van der Waals surface area contributed by atoms with Crippen molar-refractivity contribution in [3.8, 4) is 6.07 Å². The van der Waals surface area contributed by atoms with Gasteiger partial charge in [0.25, 0.3) is 5.91 Å². The van der Waals surface area contributed by atoms with Crippen molar-refractivity contribution in [3.05, 3.63) is 65.2 Å². The van der Waals surface area contributed by atoms with Crippen LogP contribution in [0.15, 0.2) is 42.6 Å². The molecule has 100 valence electrons. The van der Waals surface area contributed by atoms with E-state index in [2.05, 4.69) is 10.3 Å². The molecule has 0 atom stereocenters. The van der Waals surface area contributed by atoms with Gasteiger partial charge in [0.05, 0.1) is 11.6 Å². The first-order valence-corrected chi connectivity index (χ1v) is 6.08. The molecular weight excluding hydrogens is 257 g/mol. The molecule has 0 fully saturated rings. The standard InChI is InChI=1S/C15H12FN3O/c16-13-3-1-2-11(8-13)4-7-19-15(20)14-9-12(10-17)5-6-18-14/h1-3,5-6,8-9H,4,7H2,(H,19,20). The van der Waals surface area contributed by atoms with Crippen molar-refractivity contribution in [1.29, 1.82) is 5.26 Å². The first-order valence-electron chi connectivity index (χ1n) is 6.08. The van der Waals surface area contributed by atoms with Crippen LogP contribution < -0.4 is 5.32 Å². The summed E-state index contributed by atoms with van der Waals surface area (Å²) in [7, 11) is 0. The summed E-state index contributed by atoms with van der Waals surface area (Å²) >= 11 is 0. The molecule has 1 aromatic heterocycles. The van der Waals surface area contributed by atoms with Gasteiger partial charge in [-0.3, -0.25) is 9.78 Å². The minimum atomic E-state index is -0.349. The summed E-state index contributed by atoms with van der Waals surface area (Å²) in [6, 6.07) is 11.1. The van der Waals surface area contributed by atoms with Crippen LogP contribution in [0.25, 0.3) is 0 Å². The molecule has 0 aliphatic rings. The van der Waals surface area contributed by atoms with E-state index in [4.69, 9.17) is 5.26 Å². The van der Waals surface area contributed by atoms with E-state index in [1.54, 1.807) is 12.1 Å². The summed E-state index contributed by atoms with van der Waals surface area (Å²) in [5.74, 6) is -0.643. The quantitative estimate of drug-likeness (QED) is 0.924. The topological polar surface area (TPSA) is 65.8 Å². The predicted molar refractivity (Wildman–Crippen MR) is 71.4 cm³/mol. The van der Waals surface area contributed by atoms with Crippen LogP contribution in [0, 0.1) is 17.1 Å². The fourth-order valence-corrected chi connectivity index (χ4v) is 1.73. The van der Waals surface area contributed by atoms with E-state index in [-0.39, 0.29) is 17.4 Å². The highest BCUT2D eigenvalue weighted by atomic mass is 19.1. The van der Waals surface area contributed by atoms with Crippen LogP contribution in [0.2, 0.25) is 0 Å². The summed E-state index contributed by atoms with van der Waals surface area (Å²) in [5.41, 5.74) is 1.39.